The number of rotatable bonds is 20. The molecule has 0 fully saturated rings. The van der Waals surface area contributed by atoms with E-state index >= 15 is 0 Å². The van der Waals surface area contributed by atoms with Crippen LogP contribution in [0.3, 0.4) is 0 Å². The van der Waals surface area contributed by atoms with Crippen LogP contribution in [0, 0.1) is 0 Å². The molecule has 0 rings (SSSR count). The van der Waals surface area contributed by atoms with Crippen molar-refractivity contribution < 1.29 is 13.0 Å². The van der Waals surface area contributed by atoms with Crippen LogP contribution in [0.25, 0.3) is 0 Å². The van der Waals surface area contributed by atoms with Gasteiger partial charge in [-0.2, -0.15) is 8.42 Å². The quantitative estimate of drug-likeness (QED) is 0.120. The molecule has 0 aliphatic heterocycles. The molecule has 0 aliphatic carbocycles. The van der Waals surface area contributed by atoms with Gasteiger partial charge < -0.3 is 5.32 Å². The van der Waals surface area contributed by atoms with Gasteiger partial charge in [0.2, 0.25) is 0 Å². The summed E-state index contributed by atoms with van der Waals surface area (Å²) in [5, 5.41) is 3.05. The molecule has 0 amide bonds. The van der Waals surface area contributed by atoms with Crippen LogP contribution in [-0.4, -0.2) is 61.4 Å². The van der Waals surface area contributed by atoms with E-state index in [0.717, 1.165) is 13.0 Å². The van der Waals surface area contributed by atoms with E-state index in [4.69, 9.17) is 4.55 Å². The first-order valence-corrected chi connectivity index (χ1v) is 12.5. The summed E-state index contributed by atoms with van der Waals surface area (Å²) >= 11 is 0. The molecule has 27 heavy (non-hydrogen) atoms. The third-order valence-corrected chi connectivity index (χ3v) is 5.37. The Bertz CT molecular complexity index is 414. The summed E-state index contributed by atoms with van der Waals surface area (Å²) in [6.07, 6.45) is 24.3. The SMILES string of the molecule is CCCCCCCCCC=CCCCCCCCCNCCS(=O)(=O)O.[Na]. The van der Waals surface area contributed by atoms with E-state index in [1.165, 1.54) is 89.9 Å². The maximum absolute atomic E-state index is 10.5. The molecule has 0 saturated carbocycles. The van der Waals surface area contributed by atoms with Gasteiger partial charge in [-0.05, 0) is 38.6 Å². The molecule has 0 spiro atoms. The summed E-state index contributed by atoms with van der Waals surface area (Å²) in [5.41, 5.74) is 0. The molecule has 0 unspecified atom stereocenters. The van der Waals surface area contributed by atoms with Crippen LogP contribution in [-0.2, 0) is 10.1 Å². The van der Waals surface area contributed by atoms with E-state index in [2.05, 4.69) is 24.4 Å². The van der Waals surface area contributed by atoms with E-state index in [1.54, 1.807) is 0 Å². The van der Waals surface area contributed by atoms with E-state index < -0.39 is 10.1 Å². The molecule has 1 radical (unpaired) electrons. The summed E-state index contributed by atoms with van der Waals surface area (Å²) in [6.45, 7) is 3.43. The fraction of sp³-hybridized carbons (Fsp3) is 0.905. The molecule has 157 valence electrons. The van der Waals surface area contributed by atoms with Gasteiger partial charge in [0.05, 0.1) is 5.75 Å². The Morgan fingerprint density at radius 1 is 0.704 bits per heavy atom. The third-order valence-electron chi connectivity index (χ3n) is 4.65. The van der Waals surface area contributed by atoms with Crippen molar-refractivity contribution in [3.8, 4) is 0 Å². The summed E-state index contributed by atoms with van der Waals surface area (Å²) in [5.74, 6) is -0.195. The second-order valence-corrected chi connectivity index (χ2v) is 8.90. The number of nitrogens with one attached hydrogen (secondary N) is 1. The minimum Gasteiger partial charge on any atom is -0.316 e. The van der Waals surface area contributed by atoms with Crippen molar-refractivity contribution in [2.45, 2.75) is 103 Å². The summed E-state index contributed by atoms with van der Waals surface area (Å²) < 4.78 is 29.7. The van der Waals surface area contributed by atoms with Crippen LogP contribution in [0.5, 0.6) is 0 Å². The molecule has 0 aromatic carbocycles. The van der Waals surface area contributed by atoms with E-state index in [0.29, 0.717) is 6.54 Å². The number of hydrogen-bond acceptors (Lipinski definition) is 3. The van der Waals surface area contributed by atoms with E-state index in [-0.39, 0.29) is 35.3 Å². The first-order valence-electron chi connectivity index (χ1n) is 10.9. The zero-order valence-corrected chi connectivity index (χ0v) is 20.9. The van der Waals surface area contributed by atoms with Crippen LogP contribution >= 0.6 is 0 Å². The van der Waals surface area contributed by atoms with Crippen molar-refractivity contribution in [3.63, 3.8) is 0 Å². The van der Waals surface area contributed by atoms with Crippen LogP contribution in [0.4, 0.5) is 0 Å². The minimum absolute atomic E-state index is 0. The summed E-state index contributed by atoms with van der Waals surface area (Å²) in [7, 11) is -3.82. The second kappa shape index (κ2) is 22.9. The molecule has 0 saturated heterocycles. The monoisotopic (exact) mass is 412 g/mol. The van der Waals surface area contributed by atoms with Gasteiger partial charge in [-0.15, -0.1) is 0 Å². The van der Waals surface area contributed by atoms with Gasteiger partial charge in [-0.25, -0.2) is 0 Å². The first-order chi connectivity index (χ1) is 12.6. The van der Waals surface area contributed by atoms with E-state index in [9.17, 15) is 8.42 Å². The molecule has 0 aromatic rings. The fourth-order valence-corrected chi connectivity index (χ4v) is 3.40. The first kappa shape index (κ1) is 29.8. The second-order valence-electron chi connectivity index (χ2n) is 7.33. The largest absolute Gasteiger partial charge is 0.316 e. The van der Waals surface area contributed by atoms with Crippen LogP contribution in [0.15, 0.2) is 12.2 Å². The molecule has 0 aliphatic rings. The Balaban J connectivity index is 0. The van der Waals surface area contributed by atoms with Crippen molar-refractivity contribution in [1.29, 1.82) is 0 Å². The van der Waals surface area contributed by atoms with Crippen LogP contribution in [0.1, 0.15) is 103 Å². The molecule has 2 N–H and O–H groups in total. The Hall–Kier alpha value is 0.610. The Morgan fingerprint density at radius 3 is 1.63 bits per heavy atom. The van der Waals surface area contributed by atoms with E-state index in [1.807, 2.05) is 0 Å². The van der Waals surface area contributed by atoms with Gasteiger partial charge in [0.25, 0.3) is 10.1 Å². The molecule has 4 nitrogen and oxygen atoms in total. The Kier molecular flexibility index (Phi) is 25.3. The van der Waals surface area contributed by atoms with Crippen molar-refractivity contribution in [2.24, 2.45) is 0 Å². The number of allylic oxidation sites excluding steroid dienone is 2. The topological polar surface area (TPSA) is 66.4 Å². The molecule has 0 heterocycles. The maximum atomic E-state index is 10.5. The molecule has 0 aromatic heterocycles. The fourth-order valence-electron chi connectivity index (χ4n) is 3.00. The molecule has 0 atom stereocenters. The Labute approximate surface area is 191 Å². The van der Waals surface area contributed by atoms with Gasteiger partial charge >= 0.3 is 0 Å². The van der Waals surface area contributed by atoms with Crippen LogP contribution < -0.4 is 5.32 Å². The molecule has 6 heteroatoms. The average molecular weight is 413 g/mol. The van der Waals surface area contributed by atoms with Gasteiger partial charge in [0.15, 0.2) is 0 Å². The molecule has 0 bridgehead atoms. The van der Waals surface area contributed by atoms with Gasteiger partial charge in [0.1, 0.15) is 0 Å². The third kappa shape index (κ3) is 28.9. The Morgan fingerprint density at radius 2 is 1.15 bits per heavy atom. The maximum Gasteiger partial charge on any atom is 0.266 e. The predicted octanol–water partition coefficient (Wildman–Crippen LogP) is 5.51. The van der Waals surface area contributed by atoms with Crippen LogP contribution in [0.2, 0.25) is 0 Å². The number of hydrogen-bond donors (Lipinski definition) is 2. The van der Waals surface area contributed by atoms with Gasteiger partial charge in [0, 0.05) is 36.1 Å². The van der Waals surface area contributed by atoms with Crippen molar-refractivity contribution in [1.82, 2.24) is 5.32 Å². The molecular formula is C21H43NNaO3S. The van der Waals surface area contributed by atoms with Crippen molar-refractivity contribution in [2.75, 3.05) is 18.8 Å². The standard InChI is InChI=1S/C21H43NO3S.Na/c1-2-3-4-5-6-7-8-9-10-11-12-13-14-15-16-17-18-19-22-20-21-26(23,24)25;/h10-11,22H,2-9,12-21H2,1H3,(H,23,24,25);. The van der Waals surface area contributed by atoms with Crippen molar-refractivity contribution >= 4 is 39.7 Å². The average Bonchev–Trinajstić information content (AvgIpc) is 2.59. The molecular weight excluding hydrogens is 369 g/mol. The van der Waals surface area contributed by atoms with Crippen molar-refractivity contribution in [3.05, 3.63) is 12.2 Å². The smallest absolute Gasteiger partial charge is 0.266 e. The minimum atomic E-state index is -3.82. The number of unbranched alkanes of at least 4 members (excludes halogenated alkanes) is 13. The predicted molar refractivity (Wildman–Crippen MR) is 119 cm³/mol. The van der Waals surface area contributed by atoms with Gasteiger partial charge in [-0.1, -0.05) is 83.3 Å². The van der Waals surface area contributed by atoms with Gasteiger partial charge in [-0.3, -0.25) is 4.55 Å². The summed E-state index contributed by atoms with van der Waals surface area (Å²) in [4.78, 5) is 0. The summed E-state index contributed by atoms with van der Waals surface area (Å²) in [6, 6.07) is 0. The zero-order chi connectivity index (χ0) is 19.3. The normalized spacial score (nSPS) is 11.8. The zero-order valence-electron chi connectivity index (χ0n) is 18.1.